The number of aromatic nitrogens is 2. The zero-order chi connectivity index (χ0) is 16.6. The number of carbonyl (C=O) groups is 1. The minimum absolute atomic E-state index is 0.0271. The van der Waals surface area contributed by atoms with Gasteiger partial charge in [0.05, 0.1) is 11.8 Å². The van der Waals surface area contributed by atoms with Crippen molar-refractivity contribution >= 4 is 11.7 Å². The number of piperidine rings is 2. The highest BCUT2D eigenvalue weighted by atomic mass is 16.3. The molecule has 1 amide bonds. The minimum Gasteiger partial charge on any atom is -0.392 e. The number of hydrogen-bond donors (Lipinski definition) is 2. The van der Waals surface area contributed by atoms with Gasteiger partial charge in [-0.15, -0.1) is 0 Å². The molecule has 2 aliphatic heterocycles. The number of anilines is 1. The van der Waals surface area contributed by atoms with E-state index in [0.717, 1.165) is 44.6 Å². The Labute approximate surface area is 137 Å². The first kappa shape index (κ1) is 16.3. The molecule has 0 radical (unpaired) electrons. The molecule has 3 N–H and O–H groups in total. The number of nitrogen functional groups attached to an aromatic ring is 1. The molecular formula is C16H27N5O2. The predicted octanol–water partition coefficient (Wildman–Crippen LogP) is 0.0789. The molecule has 3 rings (SSSR count). The van der Waals surface area contributed by atoms with E-state index in [0.29, 0.717) is 12.4 Å². The number of rotatable bonds is 2. The van der Waals surface area contributed by atoms with Gasteiger partial charge >= 0.3 is 0 Å². The Morgan fingerprint density at radius 1 is 1.48 bits per heavy atom. The Balaban J connectivity index is 1.70. The van der Waals surface area contributed by atoms with Gasteiger partial charge in [-0.05, 0) is 33.2 Å². The SMILES string of the molecule is Cc1cc(N)n(CC(=O)N2CCC[C@]3(CN(C)CC[C@@H]3O)C2)n1. The zero-order valence-electron chi connectivity index (χ0n) is 14.0. The maximum absolute atomic E-state index is 12.7. The van der Waals surface area contributed by atoms with Crippen LogP contribution in [0.15, 0.2) is 6.07 Å². The number of likely N-dealkylation sites (tertiary alicyclic amines) is 2. The lowest BCUT2D eigenvalue weighted by molar-refractivity contribution is -0.141. The van der Waals surface area contributed by atoms with E-state index >= 15 is 0 Å². The Bertz CT molecular complexity index is 587. The van der Waals surface area contributed by atoms with Crippen LogP contribution in [0.3, 0.4) is 0 Å². The van der Waals surface area contributed by atoms with Crippen LogP contribution < -0.4 is 5.73 Å². The van der Waals surface area contributed by atoms with E-state index in [9.17, 15) is 9.90 Å². The highest BCUT2D eigenvalue weighted by Gasteiger charge is 2.45. The van der Waals surface area contributed by atoms with Gasteiger partial charge in [0.25, 0.3) is 0 Å². The van der Waals surface area contributed by atoms with Crippen molar-refractivity contribution < 1.29 is 9.90 Å². The normalized spacial score (nSPS) is 29.2. The molecule has 3 heterocycles. The Hall–Kier alpha value is -1.60. The highest BCUT2D eigenvalue weighted by Crippen LogP contribution is 2.38. The molecule has 128 valence electrons. The molecule has 0 saturated carbocycles. The van der Waals surface area contributed by atoms with Crippen LogP contribution >= 0.6 is 0 Å². The fraction of sp³-hybridized carbons (Fsp3) is 0.750. The molecule has 7 heteroatoms. The second-order valence-electron chi connectivity index (χ2n) is 7.19. The van der Waals surface area contributed by atoms with Crippen molar-refractivity contribution in [3.8, 4) is 0 Å². The fourth-order valence-electron chi connectivity index (χ4n) is 4.07. The molecule has 0 unspecified atom stereocenters. The number of aliphatic hydroxyl groups is 1. The van der Waals surface area contributed by atoms with Gasteiger partial charge in [0.1, 0.15) is 12.4 Å². The predicted molar refractivity (Wildman–Crippen MR) is 87.7 cm³/mol. The number of aliphatic hydroxyl groups excluding tert-OH is 1. The van der Waals surface area contributed by atoms with E-state index in [1.165, 1.54) is 0 Å². The topological polar surface area (TPSA) is 87.6 Å². The zero-order valence-corrected chi connectivity index (χ0v) is 14.0. The third-order valence-electron chi connectivity index (χ3n) is 5.26. The maximum Gasteiger partial charge on any atom is 0.244 e. The average molecular weight is 321 g/mol. The summed E-state index contributed by atoms with van der Waals surface area (Å²) in [6.07, 6.45) is 2.37. The molecule has 2 atom stereocenters. The summed E-state index contributed by atoms with van der Waals surface area (Å²) in [4.78, 5) is 16.8. The van der Waals surface area contributed by atoms with Crippen LogP contribution in [0.5, 0.6) is 0 Å². The summed E-state index contributed by atoms with van der Waals surface area (Å²) in [5, 5.41) is 14.8. The number of aryl methyl sites for hydroxylation is 1. The van der Waals surface area contributed by atoms with Gasteiger partial charge in [-0.2, -0.15) is 5.10 Å². The summed E-state index contributed by atoms with van der Waals surface area (Å²) in [5.74, 6) is 0.541. The first-order valence-corrected chi connectivity index (χ1v) is 8.34. The molecule has 7 nitrogen and oxygen atoms in total. The summed E-state index contributed by atoms with van der Waals surface area (Å²) in [7, 11) is 2.08. The molecule has 0 aromatic carbocycles. The fourth-order valence-corrected chi connectivity index (χ4v) is 4.07. The number of nitrogens with zero attached hydrogens (tertiary/aromatic N) is 4. The van der Waals surface area contributed by atoms with Crippen LogP contribution in [0.1, 0.15) is 25.0 Å². The van der Waals surface area contributed by atoms with Crippen LogP contribution in [0.2, 0.25) is 0 Å². The summed E-state index contributed by atoms with van der Waals surface area (Å²) in [5.41, 5.74) is 6.51. The lowest BCUT2D eigenvalue weighted by Gasteiger charge is -2.50. The number of carbonyl (C=O) groups excluding carboxylic acids is 1. The Morgan fingerprint density at radius 3 is 2.96 bits per heavy atom. The average Bonchev–Trinajstić information content (AvgIpc) is 2.81. The van der Waals surface area contributed by atoms with Crippen LogP contribution in [-0.4, -0.2) is 69.9 Å². The van der Waals surface area contributed by atoms with Gasteiger partial charge < -0.3 is 20.6 Å². The Morgan fingerprint density at radius 2 is 2.26 bits per heavy atom. The second-order valence-corrected chi connectivity index (χ2v) is 7.19. The molecule has 2 aliphatic rings. The number of hydrogen-bond acceptors (Lipinski definition) is 5. The van der Waals surface area contributed by atoms with E-state index in [-0.39, 0.29) is 24.0 Å². The van der Waals surface area contributed by atoms with E-state index < -0.39 is 0 Å². The number of nitrogens with two attached hydrogens (primary N) is 1. The first-order valence-electron chi connectivity index (χ1n) is 8.34. The highest BCUT2D eigenvalue weighted by molar-refractivity contribution is 5.76. The molecule has 2 saturated heterocycles. The number of amides is 1. The lowest BCUT2D eigenvalue weighted by atomic mass is 9.71. The molecule has 1 spiro atoms. The lowest BCUT2D eigenvalue weighted by Crippen LogP contribution is -2.59. The largest absolute Gasteiger partial charge is 0.392 e. The van der Waals surface area contributed by atoms with Crippen LogP contribution in [0.4, 0.5) is 5.82 Å². The second kappa shape index (κ2) is 6.13. The minimum atomic E-state index is -0.327. The van der Waals surface area contributed by atoms with Crippen molar-refractivity contribution in [3.63, 3.8) is 0 Å². The maximum atomic E-state index is 12.7. The van der Waals surface area contributed by atoms with Gasteiger partial charge in [-0.3, -0.25) is 4.79 Å². The molecule has 1 aromatic rings. The third kappa shape index (κ3) is 3.21. The smallest absolute Gasteiger partial charge is 0.244 e. The summed E-state index contributed by atoms with van der Waals surface area (Å²) >= 11 is 0. The van der Waals surface area contributed by atoms with E-state index in [1.54, 1.807) is 10.7 Å². The van der Waals surface area contributed by atoms with Crippen molar-refractivity contribution in [2.24, 2.45) is 5.41 Å². The molecule has 23 heavy (non-hydrogen) atoms. The molecule has 0 bridgehead atoms. The standard InChI is InChI=1S/C16H27N5O2/c1-12-8-14(17)21(18-12)9-15(23)20-6-3-5-16(11-20)10-19(2)7-4-13(16)22/h8,13,22H,3-7,9-11,17H2,1-2H3/t13-,16-/m0/s1. The molecule has 0 aliphatic carbocycles. The van der Waals surface area contributed by atoms with E-state index in [2.05, 4.69) is 17.0 Å². The van der Waals surface area contributed by atoms with Crippen molar-refractivity contribution in [2.45, 2.75) is 38.8 Å². The summed E-state index contributed by atoms with van der Waals surface area (Å²) in [6.45, 7) is 5.17. The van der Waals surface area contributed by atoms with Gasteiger partial charge in [-0.1, -0.05) is 0 Å². The van der Waals surface area contributed by atoms with Crippen molar-refractivity contribution in [3.05, 3.63) is 11.8 Å². The van der Waals surface area contributed by atoms with E-state index in [1.807, 2.05) is 11.8 Å². The first-order chi connectivity index (χ1) is 10.9. The van der Waals surface area contributed by atoms with Crippen molar-refractivity contribution in [1.29, 1.82) is 0 Å². The monoisotopic (exact) mass is 321 g/mol. The third-order valence-corrected chi connectivity index (χ3v) is 5.26. The van der Waals surface area contributed by atoms with Gasteiger partial charge in [0.2, 0.25) is 5.91 Å². The summed E-state index contributed by atoms with van der Waals surface area (Å²) in [6, 6.07) is 1.77. The van der Waals surface area contributed by atoms with Crippen LogP contribution in [0, 0.1) is 12.3 Å². The van der Waals surface area contributed by atoms with Gasteiger partial charge in [0.15, 0.2) is 0 Å². The van der Waals surface area contributed by atoms with Crippen LogP contribution in [0.25, 0.3) is 0 Å². The molecule has 1 aromatic heterocycles. The van der Waals surface area contributed by atoms with Gasteiger partial charge in [0, 0.05) is 37.7 Å². The van der Waals surface area contributed by atoms with Crippen molar-refractivity contribution in [2.75, 3.05) is 39.0 Å². The van der Waals surface area contributed by atoms with Gasteiger partial charge in [-0.25, -0.2) is 4.68 Å². The van der Waals surface area contributed by atoms with E-state index in [4.69, 9.17) is 5.73 Å². The molecular weight excluding hydrogens is 294 g/mol. The van der Waals surface area contributed by atoms with Crippen LogP contribution in [-0.2, 0) is 11.3 Å². The summed E-state index contributed by atoms with van der Waals surface area (Å²) < 4.78 is 1.56. The quantitative estimate of drug-likeness (QED) is 0.805. The van der Waals surface area contributed by atoms with Crippen molar-refractivity contribution in [1.82, 2.24) is 19.6 Å². The Kier molecular flexibility index (Phi) is 4.33. The molecule has 2 fully saturated rings.